The fraction of sp³-hybridized carbons (Fsp3) is 0.0385. The van der Waals surface area contributed by atoms with Crippen molar-refractivity contribution >= 4 is 29.8 Å². The first-order valence-electron chi connectivity index (χ1n) is 9.46. The number of esters is 1. The lowest BCUT2D eigenvalue weighted by molar-refractivity contribution is 0.0601. The summed E-state index contributed by atoms with van der Waals surface area (Å²) in [6, 6.07) is 37.2. The molecule has 0 unspecified atom stereocenters. The number of methoxy groups -OCH3 is 1. The Morgan fingerprint density at radius 3 is 1.69 bits per heavy atom. The topological polar surface area (TPSA) is 26.3 Å². The molecule has 0 aliphatic carbocycles. The van der Waals surface area contributed by atoms with Crippen molar-refractivity contribution in [2.24, 2.45) is 0 Å². The number of carbonyl (C=O) groups is 1. The molecule has 0 fully saturated rings. The molecule has 0 radical (unpaired) electrons. The Balaban J connectivity index is 1.95. The molecule has 0 amide bonds. The molecule has 0 bridgehead atoms. The maximum absolute atomic E-state index is 12.4. The van der Waals surface area contributed by atoms with Gasteiger partial charge in [-0.2, -0.15) is 0 Å². The van der Waals surface area contributed by atoms with E-state index in [9.17, 15) is 4.79 Å². The molecule has 4 aromatic rings. The fourth-order valence-electron chi connectivity index (χ4n) is 3.48. The van der Waals surface area contributed by atoms with Crippen LogP contribution >= 0.6 is 7.92 Å². The molecule has 29 heavy (non-hydrogen) atoms. The summed E-state index contributed by atoms with van der Waals surface area (Å²) in [7, 11) is 0.644. The van der Waals surface area contributed by atoms with Crippen LogP contribution in [0.25, 0.3) is 11.1 Å². The molecule has 0 saturated heterocycles. The van der Waals surface area contributed by atoms with Crippen LogP contribution in [0.4, 0.5) is 0 Å². The Morgan fingerprint density at radius 2 is 1.10 bits per heavy atom. The summed E-state index contributed by atoms with van der Waals surface area (Å²) in [4.78, 5) is 12.4. The number of hydrogen-bond donors (Lipinski definition) is 0. The quantitative estimate of drug-likeness (QED) is 0.354. The zero-order chi connectivity index (χ0) is 20.1. The Kier molecular flexibility index (Phi) is 5.84. The fourth-order valence-corrected chi connectivity index (χ4v) is 5.95. The standard InChI is InChI=1S/C26H21O2P/c1-28-26(27)24-18-9-8-16-22(24)23-17-10-11-19-25(23)29(20-12-4-2-5-13-20)21-14-6-3-7-15-21/h2-19H,1H3. The van der Waals surface area contributed by atoms with Crippen LogP contribution in [0.15, 0.2) is 109 Å². The van der Waals surface area contributed by atoms with Crippen LogP contribution in [-0.4, -0.2) is 13.1 Å². The average molecular weight is 396 g/mol. The first-order chi connectivity index (χ1) is 14.3. The molecule has 142 valence electrons. The summed E-state index contributed by atoms with van der Waals surface area (Å²) in [5.41, 5.74) is 2.54. The van der Waals surface area contributed by atoms with E-state index in [1.807, 2.05) is 42.5 Å². The van der Waals surface area contributed by atoms with Gasteiger partial charge in [0.05, 0.1) is 12.7 Å². The summed E-state index contributed by atoms with van der Waals surface area (Å²) < 4.78 is 5.03. The van der Waals surface area contributed by atoms with Gasteiger partial charge in [0, 0.05) is 0 Å². The van der Waals surface area contributed by atoms with Crippen molar-refractivity contribution in [2.45, 2.75) is 0 Å². The van der Waals surface area contributed by atoms with Crippen LogP contribution in [0.1, 0.15) is 10.4 Å². The highest BCUT2D eigenvalue weighted by Crippen LogP contribution is 2.37. The Bertz CT molecular complexity index is 1070. The van der Waals surface area contributed by atoms with Crippen molar-refractivity contribution in [2.75, 3.05) is 7.11 Å². The van der Waals surface area contributed by atoms with Gasteiger partial charge >= 0.3 is 5.97 Å². The highest BCUT2D eigenvalue weighted by atomic mass is 31.1. The number of benzene rings is 4. The molecule has 0 spiro atoms. The molecule has 2 nitrogen and oxygen atoms in total. The van der Waals surface area contributed by atoms with Crippen LogP contribution < -0.4 is 15.9 Å². The lowest BCUT2D eigenvalue weighted by Crippen LogP contribution is -2.22. The largest absolute Gasteiger partial charge is 0.465 e. The Hall–Kier alpha value is -3.22. The third-order valence-corrected chi connectivity index (χ3v) is 7.30. The first kappa shape index (κ1) is 19.1. The summed E-state index contributed by atoms with van der Waals surface area (Å²) in [6.45, 7) is 0. The van der Waals surface area contributed by atoms with Gasteiger partial charge in [-0.15, -0.1) is 0 Å². The van der Waals surface area contributed by atoms with Gasteiger partial charge in [-0.05, 0) is 41.0 Å². The molecule has 0 heterocycles. The van der Waals surface area contributed by atoms with E-state index in [0.29, 0.717) is 5.56 Å². The highest BCUT2D eigenvalue weighted by Gasteiger charge is 2.22. The van der Waals surface area contributed by atoms with Crippen molar-refractivity contribution in [3.63, 3.8) is 0 Å². The van der Waals surface area contributed by atoms with Crippen LogP contribution in [0.3, 0.4) is 0 Å². The van der Waals surface area contributed by atoms with Gasteiger partial charge in [-0.3, -0.25) is 0 Å². The smallest absolute Gasteiger partial charge is 0.338 e. The molecule has 0 aliphatic rings. The van der Waals surface area contributed by atoms with E-state index in [1.54, 1.807) is 0 Å². The predicted octanol–water partition coefficient (Wildman–Crippen LogP) is 4.90. The predicted molar refractivity (Wildman–Crippen MR) is 122 cm³/mol. The van der Waals surface area contributed by atoms with Crippen LogP contribution in [0.2, 0.25) is 0 Å². The first-order valence-corrected chi connectivity index (χ1v) is 10.8. The molecule has 0 aromatic heterocycles. The highest BCUT2D eigenvalue weighted by molar-refractivity contribution is 7.80. The van der Waals surface area contributed by atoms with Crippen LogP contribution in [-0.2, 0) is 4.74 Å². The van der Waals surface area contributed by atoms with E-state index in [1.165, 1.54) is 23.0 Å². The third kappa shape index (κ3) is 3.99. The van der Waals surface area contributed by atoms with Crippen molar-refractivity contribution < 1.29 is 9.53 Å². The minimum absolute atomic E-state index is 0.320. The van der Waals surface area contributed by atoms with E-state index in [0.717, 1.165) is 11.1 Å². The van der Waals surface area contributed by atoms with Crippen molar-refractivity contribution in [1.29, 1.82) is 0 Å². The van der Waals surface area contributed by atoms with E-state index >= 15 is 0 Å². The molecule has 4 aromatic carbocycles. The van der Waals surface area contributed by atoms with Gasteiger partial charge in [0.15, 0.2) is 0 Å². The second kappa shape index (κ2) is 8.86. The van der Waals surface area contributed by atoms with Crippen LogP contribution in [0, 0.1) is 0 Å². The average Bonchev–Trinajstić information content (AvgIpc) is 2.80. The summed E-state index contributed by atoms with van der Waals surface area (Å²) in [5, 5.41) is 3.77. The van der Waals surface area contributed by atoms with E-state index in [-0.39, 0.29) is 5.97 Å². The lowest BCUT2D eigenvalue weighted by atomic mass is 10.00. The van der Waals surface area contributed by atoms with Crippen molar-refractivity contribution in [3.05, 3.63) is 115 Å². The molecular weight excluding hydrogens is 375 g/mol. The number of ether oxygens (including phenoxy) is 1. The van der Waals surface area contributed by atoms with Gasteiger partial charge in [0.2, 0.25) is 0 Å². The molecule has 0 atom stereocenters. The van der Waals surface area contributed by atoms with Gasteiger partial charge in [0.1, 0.15) is 0 Å². The maximum Gasteiger partial charge on any atom is 0.338 e. The molecule has 4 rings (SSSR count). The van der Waals surface area contributed by atoms with E-state index in [2.05, 4.69) is 66.7 Å². The summed E-state index contributed by atoms with van der Waals surface area (Å²) in [6.07, 6.45) is 0. The monoisotopic (exact) mass is 396 g/mol. The molecule has 0 N–H and O–H groups in total. The van der Waals surface area contributed by atoms with E-state index < -0.39 is 7.92 Å². The lowest BCUT2D eigenvalue weighted by Gasteiger charge is -2.23. The minimum atomic E-state index is -0.778. The second-order valence-electron chi connectivity index (χ2n) is 6.56. The number of carbonyl (C=O) groups excluding carboxylic acids is 1. The third-order valence-electron chi connectivity index (χ3n) is 4.80. The molecule has 0 saturated carbocycles. The van der Waals surface area contributed by atoms with Crippen molar-refractivity contribution in [1.82, 2.24) is 0 Å². The minimum Gasteiger partial charge on any atom is -0.465 e. The van der Waals surface area contributed by atoms with Gasteiger partial charge in [0.25, 0.3) is 0 Å². The Morgan fingerprint density at radius 1 is 0.621 bits per heavy atom. The number of hydrogen-bond acceptors (Lipinski definition) is 2. The molecular formula is C26H21O2P. The van der Waals surface area contributed by atoms with Gasteiger partial charge in [-0.1, -0.05) is 103 Å². The normalized spacial score (nSPS) is 10.7. The van der Waals surface area contributed by atoms with Crippen molar-refractivity contribution in [3.8, 4) is 11.1 Å². The number of rotatable bonds is 5. The summed E-state index contributed by atoms with van der Waals surface area (Å²) in [5.74, 6) is -0.320. The Labute approximate surface area is 172 Å². The molecule has 0 aliphatic heterocycles. The van der Waals surface area contributed by atoms with Gasteiger partial charge < -0.3 is 4.74 Å². The zero-order valence-electron chi connectivity index (χ0n) is 16.2. The SMILES string of the molecule is COC(=O)c1ccccc1-c1ccccc1P(c1ccccc1)c1ccccc1. The maximum atomic E-state index is 12.4. The molecule has 3 heteroatoms. The summed E-state index contributed by atoms with van der Waals surface area (Å²) >= 11 is 0. The second-order valence-corrected chi connectivity index (χ2v) is 8.75. The van der Waals surface area contributed by atoms with Crippen LogP contribution in [0.5, 0.6) is 0 Å². The zero-order valence-corrected chi connectivity index (χ0v) is 17.1. The van der Waals surface area contributed by atoms with E-state index in [4.69, 9.17) is 4.74 Å². The van der Waals surface area contributed by atoms with Gasteiger partial charge in [-0.25, -0.2) is 4.79 Å².